The number of amides is 2. The fraction of sp³-hybridized carbons (Fsp3) is 0.391. The summed E-state index contributed by atoms with van der Waals surface area (Å²) in [4.78, 5) is 30.6. The van der Waals surface area contributed by atoms with Gasteiger partial charge in [-0.1, -0.05) is 30.3 Å². The molecule has 0 bridgehead atoms. The molecule has 0 radical (unpaired) electrons. The maximum atomic E-state index is 13.4. The number of nitrogens with zero attached hydrogens (tertiary/aromatic N) is 4. The number of benzene rings is 1. The van der Waals surface area contributed by atoms with E-state index in [-0.39, 0.29) is 30.4 Å². The van der Waals surface area contributed by atoms with E-state index < -0.39 is 36.5 Å². The fourth-order valence-corrected chi connectivity index (χ4v) is 4.03. The number of hydrogen-bond acceptors (Lipinski definition) is 6. The molecule has 1 aliphatic rings. The van der Waals surface area contributed by atoms with Gasteiger partial charge >= 0.3 is 12.3 Å². The van der Waals surface area contributed by atoms with Gasteiger partial charge in [0, 0.05) is 30.8 Å². The number of nitrogens with one attached hydrogen (secondary N) is 1. The molecule has 9 nitrogen and oxygen atoms in total. The van der Waals surface area contributed by atoms with Crippen molar-refractivity contribution in [1.82, 2.24) is 24.8 Å². The average molecular weight is 491 g/mol. The van der Waals surface area contributed by atoms with Crippen LogP contribution in [0.1, 0.15) is 35.0 Å². The van der Waals surface area contributed by atoms with Crippen molar-refractivity contribution in [2.45, 2.75) is 38.1 Å². The average Bonchev–Trinajstić information content (AvgIpc) is 3.47. The highest BCUT2D eigenvalue weighted by Crippen LogP contribution is 2.32. The van der Waals surface area contributed by atoms with E-state index in [9.17, 15) is 27.9 Å². The van der Waals surface area contributed by atoms with Crippen LogP contribution in [0.5, 0.6) is 0 Å². The summed E-state index contributed by atoms with van der Waals surface area (Å²) >= 11 is 0. The van der Waals surface area contributed by atoms with Gasteiger partial charge in [0.25, 0.3) is 0 Å². The second kappa shape index (κ2) is 9.90. The third-order valence-electron chi connectivity index (χ3n) is 5.77. The molecular weight excluding hydrogens is 467 g/mol. The van der Waals surface area contributed by atoms with E-state index in [0.717, 1.165) is 16.1 Å². The summed E-state index contributed by atoms with van der Waals surface area (Å²) in [7, 11) is 0. The summed E-state index contributed by atoms with van der Waals surface area (Å²) in [5.74, 6) is -0.827. The van der Waals surface area contributed by atoms with Crippen LogP contribution < -0.4 is 5.32 Å². The lowest BCUT2D eigenvalue weighted by Gasteiger charge is -2.22. The zero-order valence-corrected chi connectivity index (χ0v) is 18.8. The SMILES string of the molecule is Cc1cc(C(F)(F)F)n2nc([C@@H]3CCN(C(=O)[C@@H](CO)NC(=O)OCc4ccccc4)C3)cc2n1. The summed E-state index contributed by atoms with van der Waals surface area (Å²) in [6, 6.07) is 10.2. The minimum absolute atomic E-state index is 0.00606. The number of carbonyl (C=O) groups is 2. The van der Waals surface area contributed by atoms with Crippen LogP contribution in [0.15, 0.2) is 42.5 Å². The van der Waals surface area contributed by atoms with Gasteiger partial charge in [-0.05, 0) is 25.0 Å². The van der Waals surface area contributed by atoms with Crippen molar-refractivity contribution in [3.8, 4) is 0 Å². The van der Waals surface area contributed by atoms with Crippen LogP contribution in [-0.2, 0) is 22.3 Å². The largest absolute Gasteiger partial charge is 0.445 e. The number of aromatic nitrogens is 3. The quantitative estimate of drug-likeness (QED) is 0.549. The normalized spacial score (nSPS) is 16.9. The first-order chi connectivity index (χ1) is 16.7. The minimum Gasteiger partial charge on any atom is -0.445 e. The van der Waals surface area contributed by atoms with Crippen molar-refractivity contribution < 1.29 is 32.6 Å². The minimum atomic E-state index is -4.60. The molecule has 3 heterocycles. The van der Waals surface area contributed by atoms with Crippen molar-refractivity contribution in [2.75, 3.05) is 19.7 Å². The van der Waals surface area contributed by atoms with E-state index in [1.54, 1.807) is 24.3 Å². The van der Waals surface area contributed by atoms with Gasteiger partial charge in [0.15, 0.2) is 5.65 Å². The molecule has 4 rings (SSSR count). The van der Waals surface area contributed by atoms with Gasteiger partial charge in [-0.15, -0.1) is 0 Å². The fourth-order valence-electron chi connectivity index (χ4n) is 4.03. The number of aliphatic hydroxyl groups is 1. The van der Waals surface area contributed by atoms with Gasteiger partial charge in [-0.3, -0.25) is 4.79 Å². The number of aliphatic hydroxyl groups excluding tert-OH is 1. The van der Waals surface area contributed by atoms with Gasteiger partial charge in [0.2, 0.25) is 5.91 Å². The van der Waals surface area contributed by atoms with Gasteiger partial charge in [-0.2, -0.15) is 18.3 Å². The number of aryl methyl sites for hydroxylation is 1. The van der Waals surface area contributed by atoms with Gasteiger partial charge < -0.3 is 20.1 Å². The highest BCUT2D eigenvalue weighted by molar-refractivity contribution is 5.86. The lowest BCUT2D eigenvalue weighted by atomic mass is 10.1. The molecule has 1 aliphatic heterocycles. The van der Waals surface area contributed by atoms with Gasteiger partial charge in [0.05, 0.1) is 12.3 Å². The Morgan fingerprint density at radius 2 is 2.00 bits per heavy atom. The molecule has 2 N–H and O–H groups in total. The first-order valence-corrected chi connectivity index (χ1v) is 11.0. The third kappa shape index (κ3) is 5.53. The summed E-state index contributed by atoms with van der Waals surface area (Å²) < 4.78 is 46.2. The standard InChI is InChI=1S/C23H24F3N5O4/c1-14-9-19(23(24,25)26)31-20(27-14)10-17(29-31)16-7-8-30(11-16)21(33)18(12-32)28-22(34)35-13-15-5-3-2-4-6-15/h2-6,9-10,16,18,32H,7-8,11-13H2,1H3,(H,28,34)/t16-,18-/m1/s1. The Hall–Kier alpha value is -3.67. The molecule has 1 aromatic carbocycles. The molecule has 12 heteroatoms. The molecule has 1 fully saturated rings. The van der Waals surface area contributed by atoms with Crippen LogP contribution in [-0.4, -0.2) is 62.3 Å². The van der Waals surface area contributed by atoms with Crippen LogP contribution in [0.4, 0.5) is 18.0 Å². The third-order valence-corrected chi connectivity index (χ3v) is 5.77. The molecule has 2 amide bonds. The zero-order chi connectivity index (χ0) is 25.2. The number of rotatable bonds is 6. The lowest BCUT2D eigenvalue weighted by molar-refractivity contribution is -0.142. The molecule has 0 unspecified atom stereocenters. The molecule has 0 saturated carbocycles. The smallest absolute Gasteiger partial charge is 0.433 e. The van der Waals surface area contributed by atoms with Crippen LogP contribution >= 0.6 is 0 Å². The maximum Gasteiger partial charge on any atom is 0.433 e. The number of ether oxygens (including phenoxy) is 1. The van der Waals surface area contributed by atoms with E-state index in [0.29, 0.717) is 18.7 Å². The van der Waals surface area contributed by atoms with E-state index in [1.165, 1.54) is 17.9 Å². The Balaban J connectivity index is 1.40. The number of alkyl carbamates (subject to hydrolysis) is 1. The molecular formula is C23H24F3N5O4. The van der Waals surface area contributed by atoms with Crippen molar-refractivity contribution >= 4 is 17.6 Å². The Labute approximate surface area is 198 Å². The first-order valence-electron chi connectivity index (χ1n) is 11.0. The molecule has 0 spiro atoms. The van der Waals surface area contributed by atoms with Crippen molar-refractivity contribution in [1.29, 1.82) is 0 Å². The molecule has 2 atom stereocenters. The number of hydrogen-bond donors (Lipinski definition) is 2. The van der Waals surface area contributed by atoms with Crippen molar-refractivity contribution in [3.05, 3.63) is 65.1 Å². The monoisotopic (exact) mass is 491 g/mol. The van der Waals surface area contributed by atoms with E-state index >= 15 is 0 Å². The first kappa shape index (κ1) is 24.5. The molecule has 2 aromatic heterocycles. The summed E-state index contributed by atoms with van der Waals surface area (Å²) in [6.45, 7) is 1.33. The molecule has 1 saturated heterocycles. The summed E-state index contributed by atoms with van der Waals surface area (Å²) in [5.41, 5.74) is 0.529. The second-order valence-electron chi connectivity index (χ2n) is 8.33. The van der Waals surface area contributed by atoms with Crippen molar-refractivity contribution in [3.63, 3.8) is 0 Å². The maximum absolute atomic E-state index is 13.4. The predicted octanol–water partition coefficient (Wildman–Crippen LogP) is 2.66. The number of carbonyl (C=O) groups excluding carboxylic acids is 2. The molecule has 3 aromatic rings. The van der Waals surface area contributed by atoms with E-state index in [2.05, 4.69) is 15.4 Å². The topological polar surface area (TPSA) is 109 Å². The Bertz CT molecular complexity index is 1220. The number of fused-ring (bicyclic) bond motifs is 1. The van der Waals surface area contributed by atoms with E-state index in [4.69, 9.17) is 4.74 Å². The Morgan fingerprint density at radius 3 is 2.69 bits per heavy atom. The molecule has 186 valence electrons. The number of halogens is 3. The molecule has 35 heavy (non-hydrogen) atoms. The second-order valence-corrected chi connectivity index (χ2v) is 8.33. The van der Waals surface area contributed by atoms with Crippen LogP contribution in [0, 0.1) is 6.92 Å². The lowest BCUT2D eigenvalue weighted by Crippen LogP contribution is -2.50. The van der Waals surface area contributed by atoms with Crippen LogP contribution in [0.3, 0.4) is 0 Å². The van der Waals surface area contributed by atoms with Gasteiger partial charge in [-0.25, -0.2) is 14.3 Å². The van der Waals surface area contributed by atoms with Crippen LogP contribution in [0.25, 0.3) is 5.65 Å². The van der Waals surface area contributed by atoms with Gasteiger partial charge in [0.1, 0.15) is 18.3 Å². The highest BCUT2D eigenvalue weighted by Gasteiger charge is 2.37. The number of alkyl halides is 3. The Morgan fingerprint density at radius 1 is 1.26 bits per heavy atom. The summed E-state index contributed by atoms with van der Waals surface area (Å²) in [5, 5.41) is 16.1. The summed E-state index contributed by atoms with van der Waals surface area (Å²) in [6.07, 6.45) is -4.98. The van der Waals surface area contributed by atoms with Crippen molar-refractivity contribution in [2.24, 2.45) is 0 Å². The zero-order valence-electron chi connectivity index (χ0n) is 18.8. The van der Waals surface area contributed by atoms with E-state index in [1.807, 2.05) is 6.07 Å². The highest BCUT2D eigenvalue weighted by atomic mass is 19.4. The number of likely N-dealkylation sites (tertiary alicyclic amines) is 1. The Kier molecular flexibility index (Phi) is 6.92. The van der Waals surface area contributed by atoms with Crippen LogP contribution in [0.2, 0.25) is 0 Å². The molecule has 0 aliphatic carbocycles. The predicted molar refractivity (Wildman–Crippen MR) is 117 cm³/mol.